The molecule has 34 heavy (non-hydrogen) atoms. The molecule has 1 aromatic carbocycles. The van der Waals surface area contributed by atoms with Crippen molar-refractivity contribution >= 4 is 27.4 Å². The third-order valence-electron chi connectivity index (χ3n) is 6.80. The van der Waals surface area contributed by atoms with Gasteiger partial charge in [0.05, 0.1) is 30.5 Å². The SMILES string of the molecule is COc1cc(C#N)ccc1CN1CCC2(CCN(c3ncnc4sc(CC(F)(F)F)cc34)C2)C1. The van der Waals surface area contributed by atoms with Crippen LogP contribution in [0.25, 0.3) is 10.2 Å². The van der Waals surface area contributed by atoms with Crippen molar-refractivity contribution in [1.29, 1.82) is 5.26 Å². The van der Waals surface area contributed by atoms with E-state index in [1.54, 1.807) is 19.2 Å². The van der Waals surface area contributed by atoms with E-state index in [1.807, 2.05) is 12.1 Å². The minimum Gasteiger partial charge on any atom is -0.496 e. The summed E-state index contributed by atoms with van der Waals surface area (Å²) in [6.45, 7) is 4.29. The van der Waals surface area contributed by atoms with Crippen LogP contribution in [0.15, 0.2) is 30.6 Å². The maximum atomic E-state index is 12.9. The maximum absolute atomic E-state index is 12.9. The molecule has 0 radical (unpaired) electrons. The van der Waals surface area contributed by atoms with Gasteiger partial charge >= 0.3 is 6.18 Å². The van der Waals surface area contributed by atoms with E-state index in [0.717, 1.165) is 74.0 Å². The van der Waals surface area contributed by atoms with E-state index >= 15 is 0 Å². The molecule has 2 aromatic heterocycles. The van der Waals surface area contributed by atoms with Gasteiger partial charge < -0.3 is 9.64 Å². The third kappa shape index (κ3) is 4.55. The molecule has 0 bridgehead atoms. The second-order valence-corrected chi connectivity index (χ2v) is 10.3. The molecule has 2 aliphatic rings. The lowest BCUT2D eigenvalue weighted by molar-refractivity contribution is -0.126. The Morgan fingerprint density at radius 1 is 1.18 bits per heavy atom. The lowest BCUT2D eigenvalue weighted by Crippen LogP contribution is -2.31. The normalized spacial score (nSPS) is 21.0. The third-order valence-corrected chi connectivity index (χ3v) is 7.84. The minimum absolute atomic E-state index is 0.127. The minimum atomic E-state index is -4.24. The van der Waals surface area contributed by atoms with Gasteiger partial charge in [0.1, 0.15) is 22.7 Å². The summed E-state index contributed by atoms with van der Waals surface area (Å²) < 4.78 is 44.1. The highest BCUT2D eigenvalue weighted by molar-refractivity contribution is 7.18. The number of likely N-dealkylation sites (tertiary alicyclic amines) is 1. The van der Waals surface area contributed by atoms with Gasteiger partial charge in [-0.3, -0.25) is 4.90 Å². The molecular weight excluding hydrogens is 463 g/mol. The number of alkyl halides is 3. The topological polar surface area (TPSA) is 65.3 Å². The monoisotopic (exact) mass is 487 g/mol. The van der Waals surface area contributed by atoms with Gasteiger partial charge in [0.25, 0.3) is 0 Å². The fourth-order valence-corrected chi connectivity index (χ4v) is 6.25. The van der Waals surface area contributed by atoms with Gasteiger partial charge in [-0.15, -0.1) is 11.3 Å². The first-order chi connectivity index (χ1) is 16.3. The Bertz CT molecular complexity index is 1250. The number of anilines is 1. The van der Waals surface area contributed by atoms with Crippen LogP contribution >= 0.6 is 11.3 Å². The number of thiophene rings is 1. The van der Waals surface area contributed by atoms with Crippen LogP contribution < -0.4 is 9.64 Å². The van der Waals surface area contributed by atoms with Crippen molar-refractivity contribution in [2.24, 2.45) is 5.41 Å². The summed E-state index contributed by atoms with van der Waals surface area (Å²) in [6.07, 6.45) is -1.66. The summed E-state index contributed by atoms with van der Waals surface area (Å²) in [6, 6.07) is 9.29. The zero-order chi connectivity index (χ0) is 23.9. The Kier molecular flexibility index (Phi) is 5.86. The summed E-state index contributed by atoms with van der Waals surface area (Å²) in [5.74, 6) is 1.46. The molecule has 178 valence electrons. The lowest BCUT2D eigenvalue weighted by Gasteiger charge is -2.25. The van der Waals surface area contributed by atoms with Crippen molar-refractivity contribution in [2.75, 3.05) is 38.2 Å². The van der Waals surface area contributed by atoms with E-state index in [9.17, 15) is 13.2 Å². The first-order valence-electron chi connectivity index (χ1n) is 11.1. The highest BCUT2D eigenvalue weighted by atomic mass is 32.1. The molecule has 0 amide bonds. The van der Waals surface area contributed by atoms with Crippen LogP contribution in [0.4, 0.5) is 19.0 Å². The average molecular weight is 488 g/mol. The van der Waals surface area contributed by atoms with Gasteiger partial charge in [0.15, 0.2) is 0 Å². The number of aromatic nitrogens is 2. The van der Waals surface area contributed by atoms with E-state index < -0.39 is 12.6 Å². The Morgan fingerprint density at radius 2 is 2.00 bits per heavy atom. The predicted molar refractivity (Wildman–Crippen MR) is 124 cm³/mol. The van der Waals surface area contributed by atoms with E-state index in [-0.39, 0.29) is 10.3 Å². The van der Waals surface area contributed by atoms with Crippen molar-refractivity contribution in [3.05, 3.63) is 46.6 Å². The van der Waals surface area contributed by atoms with Crippen LogP contribution in [0.1, 0.15) is 28.8 Å². The molecule has 0 saturated carbocycles. The number of methoxy groups -OCH3 is 1. The molecule has 4 heterocycles. The first-order valence-corrected chi connectivity index (χ1v) is 11.9. The van der Waals surface area contributed by atoms with Gasteiger partial charge in [-0.1, -0.05) is 6.07 Å². The Hall–Kier alpha value is -2.90. The second-order valence-electron chi connectivity index (χ2n) is 9.19. The maximum Gasteiger partial charge on any atom is 0.393 e. The highest BCUT2D eigenvalue weighted by Crippen LogP contribution is 2.43. The van der Waals surface area contributed by atoms with Crippen LogP contribution in [-0.2, 0) is 13.0 Å². The first kappa shape index (κ1) is 22.9. The zero-order valence-electron chi connectivity index (χ0n) is 18.7. The number of hydrogen-bond acceptors (Lipinski definition) is 7. The number of nitriles is 1. The molecule has 0 aliphatic carbocycles. The van der Waals surface area contributed by atoms with Crippen LogP contribution in [0, 0.1) is 16.7 Å². The predicted octanol–water partition coefficient (Wildman–Crippen LogP) is 4.78. The molecule has 6 nitrogen and oxygen atoms in total. The number of rotatable bonds is 5. The molecule has 2 saturated heterocycles. The Labute approximate surface area is 199 Å². The van der Waals surface area contributed by atoms with Crippen LogP contribution in [0.5, 0.6) is 5.75 Å². The molecule has 2 aliphatic heterocycles. The van der Waals surface area contributed by atoms with Crippen LogP contribution in [-0.4, -0.2) is 54.3 Å². The molecule has 0 N–H and O–H groups in total. The molecule has 2 fully saturated rings. The van der Waals surface area contributed by atoms with Crippen LogP contribution in [0.3, 0.4) is 0 Å². The molecule has 1 atom stereocenters. The summed E-state index contributed by atoms with van der Waals surface area (Å²) in [5, 5.41) is 9.84. The van der Waals surface area contributed by atoms with Gasteiger partial charge in [-0.25, -0.2) is 9.97 Å². The number of benzene rings is 1. The molecular formula is C24H24F3N5OS. The van der Waals surface area contributed by atoms with Gasteiger partial charge in [0, 0.05) is 42.0 Å². The number of nitrogens with zero attached hydrogens (tertiary/aromatic N) is 5. The molecule has 10 heteroatoms. The molecule has 1 unspecified atom stereocenters. The molecule has 3 aromatic rings. The number of halogens is 3. The Morgan fingerprint density at radius 3 is 2.76 bits per heavy atom. The highest BCUT2D eigenvalue weighted by Gasteiger charge is 2.44. The van der Waals surface area contributed by atoms with Crippen molar-refractivity contribution in [3.63, 3.8) is 0 Å². The van der Waals surface area contributed by atoms with Crippen molar-refractivity contribution < 1.29 is 17.9 Å². The number of ether oxygens (including phenoxy) is 1. The zero-order valence-corrected chi connectivity index (χ0v) is 19.5. The van der Waals surface area contributed by atoms with E-state index in [4.69, 9.17) is 10.00 Å². The molecule has 1 spiro atoms. The quantitative estimate of drug-likeness (QED) is 0.516. The summed E-state index contributed by atoms with van der Waals surface area (Å²) in [7, 11) is 1.62. The fraction of sp³-hybridized carbons (Fsp3) is 0.458. The largest absolute Gasteiger partial charge is 0.496 e. The number of hydrogen-bond donors (Lipinski definition) is 0. The van der Waals surface area contributed by atoms with Gasteiger partial charge in [0.2, 0.25) is 0 Å². The fourth-order valence-electron chi connectivity index (χ4n) is 5.23. The van der Waals surface area contributed by atoms with E-state index in [1.165, 1.54) is 6.33 Å². The van der Waals surface area contributed by atoms with Crippen molar-refractivity contribution in [3.8, 4) is 11.8 Å². The van der Waals surface area contributed by atoms with Crippen LogP contribution in [0.2, 0.25) is 0 Å². The van der Waals surface area contributed by atoms with Crippen molar-refractivity contribution in [1.82, 2.24) is 14.9 Å². The number of fused-ring (bicyclic) bond motifs is 1. The van der Waals surface area contributed by atoms with E-state index in [2.05, 4.69) is 25.8 Å². The standard InChI is InChI=1S/C24H24F3N5OS/c1-33-20-8-16(11-28)2-3-17(20)12-31-6-4-23(13-31)5-7-32(14-23)21-19-9-18(10-24(25,26)27)34-22(19)30-15-29-21/h2-3,8-9,15H,4-7,10,12-14H2,1H3. The summed E-state index contributed by atoms with van der Waals surface area (Å²) in [4.78, 5) is 14.2. The van der Waals surface area contributed by atoms with Gasteiger partial charge in [-0.05, 0) is 37.6 Å². The smallest absolute Gasteiger partial charge is 0.393 e. The molecule has 5 rings (SSSR count). The summed E-state index contributed by atoms with van der Waals surface area (Å²) >= 11 is 1.09. The van der Waals surface area contributed by atoms with Crippen molar-refractivity contribution in [2.45, 2.75) is 32.0 Å². The average Bonchev–Trinajstić information content (AvgIpc) is 3.51. The summed E-state index contributed by atoms with van der Waals surface area (Å²) in [5.41, 5.74) is 1.76. The van der Waals surface area contributed by atoms with E-state index in [0.29, 0.717) is 15.8 Å². The lowest BCUT2D eigenvalue weighted by atomic mass is 9.86. The Balaban J connectivity index is 1.30. The van der Waals surface area contributed by atoms with Gasteiger partial charge in [-0.2, -0.15) is 18.4 Å². The second kappa shape index (κ2) is 8.71.